The molecule has 1 aliphatic rings. The molecular weight excluding hydrogens is 214 g/mol. The highest BCUT2D eigenvalue weighted by Gasteiger charge is 2.35. The molecule has 0 bridgehead atoms. The SMILES string of the molecule is NCc1ccnc(NS(=O)(=O)C2CC2)c1. The second kappa shape index (κ2) is 3.79. The average molecular weight is 227 g/mol. The molecule has 1 aliphatic carbocycles. The van der Waals surface area contributed by atoms with Crippen molar-refractivity contribution in [1.29, 1.82) is 0 Å². The zero-order chi connectivity index (χ0) is 10.9. The van der Waals surface area contributed by atoms with Gasteiger partial charge < -0.3 is 5.73 Å². The number of aromatic nitrogens is 1. The maximum absolute atomic E-state index is 11.6. The number of sulfonamides is 1. The van der Waals surface area contributed by atoms with Crippen molar-refractivity contribution >= 4 is 15.8 Å². The van der Waals surface area contributed by atoms with E-state index in [1.54, 1.807) is 18.3 Å². The molecule has 0 radical (unpaired) electrons. The number of nitrogens with two attached hydrogens (primary N) is 1. The number of hydrogen-bond acceptors (Lipinski definition) is 4. The van der Waals surface area contributed by atoms with Crippen LogP contribution in [0.5, 0.6) is 0 Å². The topological polar surface area (TPSA) is 85.1 Å². The second-order valence-electron chi connectivity index (χ2n) is 3.60. The van der Waals surface area contributed by atoms with Crippen LogP contribution in [0.3, 0.4) is 0 Å². The summed E-state index contributed by atoms with van der Waals surface area (Å²) in [7, 11) is -3.22. The van der Waals surface area contributed by atoms with E-state index in [4.69, 9.17) is 5.73 Å². The fraction of sp³-hybridized carbons (Fsp3) is 0.444. The van der Waals surface area contributed by atoms with E-state index >= 15 is 0 Å². The van der Waals surface area contributed by atoms with Gasteiger partial charge in [0, 0.05) is 12.7 Å². The molecule has 82 valence electrons. The summed E-state index contributed by atoms with van der Waals surface area (Å²) in [6, 6.07) is 3.41. The molecule has 6 heteroatoms. The zero-order valence-corrected chi connectivity index (χ0v) is 9.00. The molecule has 0 atom stereocenters. The molecule has 0 aromatic carbocycles. The van der Waals surface area contributed by atoms with Gasteiger partial charge in [-0.3, -0.25) is 4.72 Å². The summed E-state index contributed by atoms with van der Waals surface area (Å²) in [5, 5.41) is -0.235. The first-order valence-corrected chi connectivity index (χ1v) is 6.33. The summed E-state index contributed by atoms with van der Waals surface area (Å²) < 4.78 is 25.6. The Balaban J connectivity index is 2.16. The van der Waals surface area contributed by atoms with Crippen molar-refractivity contribution in [2.75, 3.05) is 4.72 Å². The predicted octanol–water partition coefficient (Wildman–Crippen LogP) is 0.444. The van der Waals surface area contributed by atoms with E-state index in [1.807, 2.05) is 0 Å². The van der Waals surface area contributed by atoms with Crippen molar-refractivity contribution in [1.82, 2.24) is 4.98 Å². The van der Waals surface area contributed by atoms with Gasteiger partial charge in [0.25, 0.3) is 0 Å². The van der Waals surface area contributed by atoms with Gasteiger partial charge in [0.2, 0.25) is 10.0 Å². The second-order valence-corrected chi connectivity index (χ2v) is 5.56. The molecule has 5 nitrogen and oxygen atoms in total. The van der Waals surface area contributed by atoms with Gasteiger partial charge in [-0.15, -0.1) is 0 Å². The van der Waals surface area contributed by atoms with Crippen LogP contribution in [0, 0.1) is 0 Å². The lowest BCUT2D eigenvalue weighted by Gasteiger charge is -2.06. The van der Waals surface area contributed by atoms with Gasteiger partial charge >= 0.3 is 0 Å². The van der Waals surface area contributed by atoms with Crippen LogP contribution < -0.4 is 10.5 Å². The molecule has 1 saturated carbocycles. The number of nitrogens with zero attached hydrogens (tertiary/aromatic N) is 1. The first-order chi connectivity index (χ1) is 7.12. The largest absolute Gasteiger partial charge is 0.326 e. The fourth-order valence-corrected chi connectivity index (χ4v) is 2.59. The quantitative estimate of drug-likeness (QED) is 0.781. The normalized spacial score (nSPS) is 16.3. The van der Waals surface area contributed by atoms with E-state index < -0.39 is 10.0 Å². The smallest absolute Gasteiger partial charge is 0.236 e. The first kappa shape index (κ1) is 10.4. The number of hydrogen-bond donors (Lipinski definition) is 2. The van der Waals surface area contributed by atoms with Crippen molar-refractivity contribution in [3.8, 4) is 0 Å². The Labute approximate surface area is 88.8 Å². The van der Waals surface area contributed by atoms with Crippen LogP contribution in [0.25, 0.3) is 0 Å². The van der Waals surface area contributed by atoms with Gasteiger partial charge in [0.05, 0.1) is 5.25 Å². The van der Waals surface area contributed by atoms with Crippen LogP contribution in [0.2, 0.25) is 0 Å². The highest BCUT2D eigenvalue weighted by Crippen LogP contribution is 2.29. The molecule has 0 aliphatic heterocycles. The Bertz CT molecular complexity index is 454. The van der Waals surface area contributed by atoms with E-state index in [2.05, 4.69) is 9.71 Å². The summed E-state index contributed by atoms with van der Waals surface area (Å²) in [4.78, 5) is 3.94. The molecule has 1 fully saturated rings. The number of rotatable bonds is 4. The predicted molar refractivity (Wildman–Crippen MR) is 57.7 cm³/mol. The Morgan fingerprint density at radius 3 is 2.87 bits per heavy atom. The molecule has 1 aromatic heterocycles. The van der Waals surface area contributed by atoms with Gasteiger partial charge in [-0.25, -0.2) is 13.4 Å². The van der Waals surface area contributed by atoms with Gasteiger partial charge in [-0.2, -0.15) is 0 Å². The fourth-order valence-electron chi connectivity index (χ4n) is 1.26. The van der Waals surface area contributed by atoms with Crippen molar-refractivity contribution in [2.45, 2.75) is 24.6 Å². The minimum atomic E-state index is -3.22. The third-order valence-electron chi connectivity index (χ3n) is 2.27. The summed E-state index contributed by atoms with van der Waals surface area (Å²) in [6.45, 7) is 0.376. The third-order valence-corrected chi connectivity index (χ3v) is 4.11. The van der Waals surface area contributed by atoms with Crippen molar-refractivity contribution in [3.05, 3.63) is 23.9 Å². The molecule has 1 heterocycles. The highest BCUT2D eigenvalue weighted by molar-refractivity contribution is 7.93. The Kier molecular flexibility index (Phi) is 2.62. The van der Waals surface area contributed by atoms with Gasteiger partial charge in [-0.1, -0.05) is 0 Å². The number of pyridine rings is 1. The van der Waals surface area contributed by atoms with E-state index in [-0.39, 0.29) is 5.25 Å². The lowest BCUT2D eigenvalue weighted by atomic mass is 10.3. The van der Waals surface area contributed by atoms with Gasteiger partial charge in [0.1, 0.15) is 5.82 Å². The molecule has 0 amide bonds. The standard InChI is InChI=1S/C9H13N3O2S/c10-6-7-3-4-11-9(5-7)12-15(13,14)8-1-2-8/h3-5,8H,1-2,6,10H2,(H,11,12). The van der Waals surface area contributed by atoms with Crippen molar-refractivity contribution < 1.29 is 8.42 Å². The molecule has 3 N–H and O–H groups in total. The zero-order valence-electron chi connectivity index (χ0n) is 8.18. The summed E-state index contributed by atoms with van der Waals surface area (Å²) in [6.07, 6.45) is 3.03. The van der Waals surface area contributed by atoms with Crippen molar-refractivity contribution in [3.63, 3.8) is 0 Å². The minimum Gasteiger partial charge on any atom is -0.326 e. The van der Waals surface area contributed by atoms with Crippen LogP contribution in [-0.2, 0) is 16.6 Å². The molecule has 1 aromatic rings. The number of anilines is 1. The van der Waals surface area contributed by atoms with Crippen LogP contribution in [0.1, 0.15) is 18.4 Å². The van der Waals surface area contributed by atoms with Gasteiger partial charge in [-0.05, 0) is 30.5 Å². The maximum Gasteiger partial charge on any atom is 0.236 e. The van der Waals surface area contributed by atoms with Crippen LogP contribution >= 0.6 is 0 Å². The van der Waals surface area contributed by atoms with Crippen LogP contribution in [0.15, 0.2) is 18.3 Å². The Morgan fingerprint density at radius 2 is 2.27 bits per heavy atom. The van der Waals surface area contributed by atoms with E-state index in [9.17, 15) is 8.42 Å². The summed E-state index contributed by atoms with van der Waals surface area (Å²) in [5.74, 6) is 0.352. The average Bonchev–Trinajstić information content (AvgIpc) is 3.00. The third kappa shape index (κ3) is 2.45. The molecule has 15 heavy (non-hydrogen) atoms. The Morgan fingerprint density at radius 1 is 1.53 bits per heavy atom. The summed E-state index contributed by atoms with van der Waals surface area (Å²) >= 11 is 0. The monoisotopic (exact) mass is 227 g/mol. The minimum absolute atomic E-state index is 0.235. The summed E-state index contributed by atoms with van der Waals surface area (Å²) in [5.41, 5.74) is 6.31. The lowest BCUT2D eigenvalue weighted by Crippen LogP contribution is -2.18. The molecule has 2 rings (SSSR count). The van der Waals surface area contributed by atoms with Crippen LogP contribution in [-0.4, -0.2) is 18.7 Å². The van der Waals surface area contributed by atoms with E-state index in [0.29, 0.717) is 12.4 Å². The van der Waals surface area contributed by atoms with E-state index in [1.165, 1.54) is 0 Å². The molecule has 0 spiro atoms. The van der Waals surface area contributed by atoms with Gasteiger partial charge in [0.15, 0.2) is 0 Å². The number of nitrogens with one attached hydrogen (secondary N) is 1. The van der Waals surface area contributed by atoms with Crippen molar-refractivity contribution in [2.24, 2.45) is 5.73 Å². The van der Waals surface area contributed by atoms with Crippen LogP contribution in [0.4, 0.5) is 5.82 Å². The molecule has 0 unspecified atom stereocenters. The molecule has 0 saturated heterocycles. The van der Waals surface area contributed by atoms with E-state index in [0.717, 1.165) is 18.4 Å². The Hall–Kier alpha value is -1.14. The lowest BCUT2D eigenvalue weighted by molar-refractivity contribution is 0.600. The highest BCUT2D eigenvalue weighted by atomic mass is 32.2. The molecular formula is C9H13N3O2S. The first-order valence-electron chi connectivity index (χ1n) is 4.78. The maximum atomic E-state index is 11.6.